The van der Waals surface area contributed by atoms with Crippen LogP contribution in [0.4, 0.5) is 5.69 Å². The zero-order chi connectivity index (χ0) is 33.1. The van der Waals surface area contributed by atoms with Crippen LogP contribution in [0.3, 0.4) is 0 Å². The van der Waals surface area contributed by atoms with E-state index in [4.69, 9.17) is 9.47 Å². The van der Waals surface area contributed by atoms with Gasteiger partial charge in [0.05, 0.1) is 42.8 Å². The number of carbonyl (C=O) groups is 1. The first-order valence-electron chi connectivity index (χ1n) is 15.4. The summed E-state index contributed by atoms with van der Waals surface area (Å²) in [6.07, 6.45) is 5.27. The number of anilines is 1. The SMILES string of the molecule is CCCn1cc(COC(c2ccc(C)c(CN3CC(C)(C)Oc4ccccc4S3(=O)=O)c2)C(C)(C)C(=O)Nc2cccnc2)nn1. The molecule has 46 heavy (non-hydrogen) atoms. The highest BCUT2D eigenvalue weighted by Gasteiger charge is 2.41. The molecule has 1 N–H and O–H groups in total. The Morgan fingerprint density at radius 1 is 1.15 bits per heavy atom. The fraction of sp³-hybridized carbons (Fsp3) is 0.412. The second kappa shape index (κ2) is 13.3. The second-order valence-electron chi connectivity index (χ2n) is 12.8. The summed E-state index contributed by atoms with van der Waals surface area (Å²) in [5, 5.41) is 11.4. The van der Waals surface area contributed by atoms with Crippen LogP contribution < -0.4 is 10.1 Å². The molecule has 1 amide bonds. The van der Waals surface area contributed by atoms with E-state index in [1.807, 2.05) is 59.0 Å². The monoisotopic (exact) mass is 646 g/mol. The number of hydrogen-bond donors (Lipinski definition) is 1. The highest BCUT2D eigenvalue weighted by molar-refractivity contribution is 7.89. The molecule has 0 aliphatic carbocycles. The molecule has 12 heteroatoms. The zero-order valence-electron chi connectivity index (χ0n) is 27.2. The van der Waals surface area contributed by atoms with Crippen molar-refractivity contribution in [2.75, 3.05) is 11.9 Å². The number of carbonyl (C=O) groups excluding carboxylic acids is 1. The molecule has 3 heterocycles. The summed E-state index contributed by atoms with van der Waals surface area (Å²) in [4.78, 5) is 18.0. The molecule has 2 aromatic carbocycles. The summed E-state index contributed by atoms with van der Waals surface area (Å²) in [6.45, 7) is 12.6. The van der Waals surface area contributed by atoms with E-state index in [2.05, 4.69) is 27.5 Å². The van der Waals surface area contributed by atoms with Gasteiger partial charge in [0.15, 0.2) is 0 Å². The standard InChI is InChI=1S/C34H42N6O5S/c1-7-17-39-21-28(37-38-39)22-44-31(34(5,6)32(41)36-27-11-10-16-35-19-27)25-15-14-24(2)26(18-25)20-40-23-33(3,4)45-29-12-8-9-13-30(29)46(40,42)43/h8-16,18-19,21,31H,7,17,20,22-23H2,1-6H3,(H,36,41). The third-order valence-corrected chi connectivity index (χ3v) is 9.86. The Balaban J connectivity index is 1.49. The number of sulfonamides is 1. The highest BCUT2D eigenvalue weighted by Crippen LogP contribution is 2.40. The van der Waals surface area contributed by atoms with Gasteiger partial charge in [0.25, 0.3) is 0 Å². The number of benzene rings is 2. The van der Waals surface area contributed by atoms with Gasteiger partial charge in [-0.3, -0.25) is 14.5 Å². The van der Waals surface area contributed by atoms with E-state index in [1.165, 1.54) is 4.31 Å². The van der Waals surface area contributed by atoms with Gasteiger partial charge in [0.2, 0.25) is 15.9 Å². The number of para-hydroxylation sites is 1. The van der Waals surface area contributed by atoms with Crippen molar-refractivity contribution < 1.29 is 22.7 Å². The second-order valence-corrected chi connectivity index (χ2v) is 14.8. The maximum absolute atomic E-state index is 13.9. The smallest absolute Gasteiger partial charge is 0.247 e. The molecule has 0 bridgehead atoms. The third-order valence-electron chi connectivity index (χ3n) is 8.03. The van der Waals surface area contributed by atoms with E-state index in [-0.39, 0.29) is 30.5 Å². The highest BCUT2D eigenvalue weighted by atomic mass is 32.2. The first-order valence-corrected chi connectivity index (χ1v) is 16.8. The van der Waals surface area contributed by atoms with Crippen molar-refractivity contribution in [3.05, 3.63) is 95.6 Å². The van der Waals surface area contributed by atoms with E-state index in [9.17, 15) is 13.2 Å². The van der Waals surface area contributed by atoms with E-state index < -0.39 is 27.1 Å². The number of nitrogens with zero attached hydrogens (tertiary/aromatic N) is 5. The van der Waals surface area contributed by atoms with Crippen molar-refractivity contribution in [1.82, 2.24) is 24.3 Å². The lowest BCUT2D eigenvalue weighted by Crippen LogP contribution is -2.42. The lowest BCUT2D eigenvalue weighted by atomic mass is 9.80. The minimum absolute atomic E-state index is 0.115. The Morgan fingerprint density at radius 2 is 1.93 bits per heavy atom. The molecule has 11 nitrogen and oxygen atoms in total. The largest absolute Gasteiger partial charge is 0.485 e. The predicted octanol–water partition coefficient (Wildman–Crippen LogP) is 5.68. The quantitative estimate of drug-likeness (QED) is 0.221. The van der Waals surface area contributed by atoms with Gasteiger partial charge in [-0.05, 0) is 82.0 Å². The average molecular weight is 647 g/mol. The molecule has 0 saturated carbocycles. The summed E-state index contributed by atoms with van der Waals surface area (Å²) in [6, 6.07) is 16.1. The molecule has 244 valence electrons. The molecule has 2 aromatic heterocycles. The molecule has 1 aliphatic rings. The van der Waals surface area contributed by atoms with Crippen molar-refractivity contribution in [3.63, 3.8) is 0 Å². The number of aromatic nitrogens is 4. The number of amides is 1. The number of rotatable bonds is 11. The van der Waals surface area contributed by atoms with E-state index in [1.54, 1.807) is 53.5 Å². The number of pyridine rings is 1. The molecule has 4 aromatic rings. The topological polar surface area (TPSA) is 129 Å². The van der Waals surface area contributed by atoms with Crippen LogP contribution in [0.2, 0.25) is 0 Å². The van der Waals surface area contributed by atoms with Crippen LogP contribution in [0.25, 0.3) is 0 Å². The van der Waals surface area contributed by atoms with Gasteiger partial charge in [0, 0.05) is 19.3 Å². The number of nitrogens with one attached hydrogen (secondary N) is 1. The van der Waals surface area contributed by atoms with Crippen LogP contribution in [0.15, 0.2) is 78.1 Å². The van der Waals surface area contributed by atoms with Crippen molar-refractivity contribution in [2.24, 2.45) is 5.41 Å². The van der Waals surface area contributed by atoms with Gasteiger partial charge in [0.1, 0.15) is 21.9 Å². The van der Waals surface area contributed by atoms with E-state index >= 15 is 0 Å². The van der Waals surface area contributed by atoms with Crippen LogP contribution in [0.1, 0.15) is 69.5 Å². The summed E-state index contributed by atoms with van der Waals surface area (Å²) in [5.41, 5.74) is 1.82. The summed E-state index contributed by atoms with van der Waals surface area (Å²) >= 11 is 0. The molecule has 0 spiro atoms. The number of fused-ring (bicyclic) bond motifs is 1. The van der Waals surface area contributed by atoms with Gasteiger partial charge in [-0.15, -0.1) is 5.10 Å². The van der Waals surface area contributed by atoms with Crippen LogP contribution in [0, 0.1) is 12.3 Å². The van der Waals surface area contributed by atoms with Crippen molar-refractivity contribution in [2.45, 2.75) is 84.3 Å². The van der Waals surface area contributed by atoms with Gasteiger partial charge in [-0.2, -0.15) is 4.31 Å². The average Bonchev–Trinajstić information content (AvgIpc) is 3.43. The maximum Gasteiger partial charge on any atom is 0.247 e. The molecule has 0 saturated heterocycles. The molecule has 1 unspecified atom stereocenters. The summed E-state index contributed by atoms with van der Waals surface area (Å²) in [7, 11) is -3.87. The van der Waals surface area contributed by atoms with Crippen molar-refractivity contribution in [3.8, 4) is 5.75 Å². The molecule has 1 atom stereocenters. The number of ether oxygens (including phenoxy) is 2. The zero-order valence-corrected chi connectivity index (χ0v) is 28.0. The molecule has 0 fully saturated rings. The molecule has 1 aliphatic heterocycles. The Kier molecular flexibility index (Phi) is 9.62. The fourth-order valence-electron chi connectivity index (χ4n) is 5.56. The summed E-state index contributed by atoms with van der Waals surface area (Å²) in [5.74, 6) is 0.0825. The van der Waals surface area contributed by atoms with Crippen LogP contribution >= 0.6 is 0 Å². The van der Waals surface area contributed by atoms with Crippen LogP contribution in [0.5, 0.6) is 5.75 Å². The number of aryl methyl sites for hydroxylation is 2. The van der Waals surface area contributed by atoms with Gasteiger partial charge in [-0.1, -0.05) is 42.5 Å². The number of hydrogen-bond acceptors (Lipinski definition) is 8. The lowest BCUT2D eigenvalue weighted by Gasteiger charge is -2.34. The molecule has 0 radical (unpaired) electrons. The Morgan fingerprint density at radius 3 is 2.67 bits per heavy atom. The fourth-order valence-corrected chi connectivity index (χ4v) is 7.25. The molecular formula is C34H42N6O5S. The van der Waals surface area contributed by atoms with E-state index in [0.29, 0.717) is 17.1 Å². The lowest BCUT2D eigenvalue weighted by molar-refractivity contribution is -0.134. The Labute approximate surface area is 271 Å². The third kappa shape index (κ3) is 7.30. The predicted molar refractivity (Wildman–Crippen MR) is 174 cm³/mol. The normalized spacial score (nSPS) is 16.6. The molecular weight excluding hydrogens is 604 g/mol. The Bertz CT molecular complexity index is 1790. The van der Waals surface area contributed by atoms with E-state index in [0.717, 1.165) is 29.7 Å². The van der Waals surface area contributed by atoms with Crippen LogP contribution in [-0.2, 0) is 39.3 Å². The van der Waals surface area contributed by atoms with Gasteiger partial charge in [-0.25, -0.2) is 8.42 Å². The van der Waals surface area contributed by atoms with Crippen molar-refractivity contribution in [1.29, 1.82) is 0 Å². The first kappa shape index (κ1) is 33.2. The van der Waals surface area contributed by atoms with Gasteiger partial charge < -0.3 is 14.8 Å². The Hall–Kier alpha value is -4.13. The maximum atomic E-state index is 13.9. The minimum atomic E-state index is -3.87. The van der Waals surface area contributed by atoms with Crippen LogP contribution in [-0.4, -0.2) is 50.8 Å². The van der Waals surface area contributed by atoms with Gasteiger partial charge >= 0.3 is 0 Å². The minimum Gasteiger partial charge on any atom is -0.485 e. The van der Waals surface area contributed by atoms with Crippen molar-refractivity contribution >= 4 is 21.6 Å². The summed E-state index contributed by atoms with van der Waals surface area (Å²) < 4.78 is 43.7. The molecule has 5 rings (SSSR count). The first-order chi connectivity index (χ1) is 21.8.